The number of nitrogens with zero attached hydrogens (tertiary/aromatic N) is 3. The molecule has 11 heavy (non-hydrogen) atoms. The Morgan fingerprint density at radius 1 is 1.64 bits per heavy atom. The highest BCUT2D eigenvalue weighted by Gasteiger charge is 1.98. The van der Waals surface area contributed by atoms with E-state index in [-0.39, 0.29) is 0 Å². The topological polar surface area (TPSA) is 42.7 Å². The van der Waals surface area contributed by atoms with Crippen LogP contribution >= 0.6 is 0 Å². The standard InChI is InChI=1S/C7H14N4/c1-3-7-10-9-6-11(7)5-4-8-2/h6,8H,3-5H2,1-2H3. The van der Waals surface area contributed by atoms with E-state index in [4.69, 9.17) is 0 Å². The monoisotopic (exact) mass is 154 g/mol. The van der Waals surface area contributed by atoms with Crippen LogP contribution in [0.25, 0.3) is 0 Å². The Bertz CT molecular complexity index is 206. The molecule has 1 rings (SSSR count). The Hall–Kier alpha value is -0.900. The Balaban J connectivity index is 2.54. The van der Waals surface area contributed by atoms with Gasteiger partial charge in [0, 0.05) is 19.5 Å². The molecular formula is C7H14N4. The summed E-state index contributed by atoms with van der Waals surface area (Å²) in [5, 5.41) is 10.9. The molecule has 1 heterocycles. The average molecular weight is 154 g/mol. The zero-order valence-corrected chi connectivity index (χ0v) is 7.04. The largest absolute Gasteiger partial charge is 0.318 e. The molecule has 0 amide bonds. The molecule has 0 spiro atoms. The van der Waals surface area contributed by atoms with Crippen LogP contribution in [0.1, 0.15) is 12.7 Å². The highest BCUT2D eigenvalue weighted by atomic mass is 15.3. The molecular weight excluding hydrogens is 140 g/mol. The molecule has 4 heteroatoms. The van der Waals surface area contributed by atoms with Gasteiger partial charge < -0.3 is 9.88 Å². The van der Waals surface area contributed by atoms with E-state index in [0.29, 0.717) is 0 Å². The fourth-order valence-electron chi connectivity index (χ4n) is 0.972. The van der Waals surface area contributed by atoms with Gasteiger partial charge in [-0.05, 0) is 7.05 Å². The summed E-state index contributed by atoms with van der Waals surface area (Å²) < 4.78 is 2.07. The van der Waals surface area contributed by atoms with Crippen molar-refractivity contribution < 1.29 is 0 Å². The fourth-order valence-corrected chi connectivity index (χ4v) is 0.972. The van der Waals surface area contributed by atoms with Gasteiger partial charge >= 0.3 is 0 Å². The molecule has 4 nitrogen and oxygen atoms in total. The number of rotatable bonds is 4. The van der Waals surface area contributed by atoms with Crippen molar-refractivity contribution in [2.45, 2.75) is 19.9 Å². The van der Waals surface area contributed by atoms with Crippen molar-refractivity contribution in [2.75, 3.05) is 13.6 Å². The second-order valence-corrected chi connectivity index (χ2v) is 2.40. The van der Waals surface area contributed by atoms with Gasteiger partial charge in [-0.2, -0.15) is 0 Å². The molecule has 0 saturated carbocycles. The van der Waals surface area contributed by atoms with E-state index in [2.05, 4.69) is 27.0 Å². The molecule has 62 valence electrons. The van der Waals surface area contributed by atoms with Gasteiger partial charge in [-0.25, -0.2) is 0 Å². The maximum Gasteiger partial charge on any atom is 0.132 e. The van der Waals surface area contributed by atoms with Crippen molar-refractivity contribution in [2.24, 2.45) is 0 Å². The smallest absolute Gasteiger partial charge is 0.132 e. The maximum absolute atomic E-state index is 3.97. The van der Waals surface area contributed by atoms with Crippen molar-refractivity contribution in [1.29, 1.82) is 0 Å². The van der Waals surface area contributed by atoms with Crippen molar-refractivity contribution in [3.05, 3.63) is 12.2 Å². The second kappa shape index (κ2) is 4.08. The van der Waals surface area contributed by atoms with E-state index >= 15 is 0 Å². The molecule has 1 N–H and O–H groups in total. The third-order valence-electron chi connectivity index (χ3n) is 1.61. The fraction of sp³-hybridized carbons (Fsp3) is 0.714. The first-order valence-electron chi connectivity index (χ1n) is 3.89. The van der Waals surface area contributed by atoms with E-state index in [9.17, 15) is 0 Å². The highest BCUT2D eigenvalue weighted by molar-refractivity contribution is 4.84. The van der Waals surface area contributed by atoms with E-state index in [0.717, 1.165) is 25.3 Å². The molecule has 1 aromatic heterocycles. The van der Waals surface area contributed by atoms with Gasteiger partial charge in [0.15, 0.2) is 0 Å². The van der Waals surface area contributed by atoms with E-state index in [1.165, 1.54) is 0 Å². The molecule has 1 aromatic rings. The summed E-state index contributed by atoms with van der Waals surface area (Å²) in [7, 11) is 1.94. The minimum Gasteiger partial charge on any atom is -0.318 e. The van der Waals surface area contributed by atoms with Gasteiger partial charge in [-0.15, -0.1) is 10.2 Å². The average Bonchev–Trinajstić information content (AvgIpc) is 2.47. The summed E-state index contributed by atoms with van der Waals surface area (Å²) in [5.74, 6) is 1.06. The van der Waals surface area contributed by atoms with Gasteiger partial charge in [0.05, 0.1) is 0 Å². The van der Waals surface area contributed by atoms with Gasteiger partial charge in [0.2, 0.25) is 0 Å². The van der Waals surface area contributed by atoms with E-state index in [1.54, 1.807) is 6.33 Å². The van der Waals surface area contributed by atoms with Crippen LogP contribution < -0.4 is 5.32 Å². The molecule has 0 aliphatic rings. The number of aromatic nitrogens is 3. The molecule has 0 aromatic carbocycles. The molecule has 0 unspecified atom stereocenters. The Labute approximate surface area is 66.6 Å². The molecule has 0 radical (unpaired) electrons. The summed E-state index contributed by atoms with van der Waals surface area (Å²) in [6.07, 6.45) is 2.72. The highest BCUT2D eigenvalue weighted by Crippen LogP contribution is 1.94. The van der Waals surface area contributed by atoms with Gasteiger partial charge in [-0.3, -0.25) is 0 Å². The SMILES string of the molecule is CCc1nncn1CCNC. The predicted octanol–water partition coefficient (Wildman–Crippen LogP) is 0.0599. The summed E-state index contributed by atoms with van der Waals surface area (Å²) in [6.45, 7) is 4.00. The molecule has 0 aliphatic carbocycles. The van der Waals surface area contributed by atoms with Crippen LogP contribution in [0.15, 0.2) is 6.33 Å². The normalized spacial score (nSPS) is 10.4. The molecule has 0 saturated heterocycles. The van der Waals surface area contributed by atoms with E-state index in [1.807, 2.05) is 7.05 Å². The minimum absolute atomic E-state index is 0.948. The first kappa shape index (κ1) is 8.20. The lowest BCUT2D eigenvalue weighted by Crippen LogP contribution is -2.15. The van der Waals surface area contributed by atoms with Crippen molar-refractivity contribution in [3.8, 4) is 0 Å². The van der Waals surface area contributed by atoms with Crippen LogP contribution in [0.3, 0.4) is 0 Å². The van der Waals surface area contributed by atoms with Crippen LogP contribution in [0.5, 0.6) is 0 Å². The second-order valence-electron chi connectivity index (χ2n) is 2.40. The zero-order chi connectivity index (χ0) is 8.10. The Morgan fingerprint density at radius 2 is 2.45 bits per heavy atom. The Morgan fingerprint density at radius 3 is 3.09 bits per heavy atom. The molecule has 0 fully saturated rings. The number of aryl methyl sites for hydroxylation is 1. The van der Waals surface area contributed by atoms with Crippen LogP contribution in [-0.2, 0) is 13.0 Å². The first-order chi connectivity index (χ1) is 5.38. The molecule has 0 bridgehead atoms. The number of nitrogens with one attached hydrogen (secondary N) is 1. The quantitative estimate of drug-likeness (QED) is 0.667. The lowest BCUT2D eigenvalue weighted by atomic mass is 10.4. The lowest BCUT2D eigenvalue weighted by molar-refractivity contribution is 0.618. The summed E-state index contributed by atoms with van der Waals surface area (Å²) in [6, 6.07) is 0. The number of hydrogen-bond acceptors (Lipinski definition) is 3. The zero-order valence-electron chi connectivity index (χ0n) is 7.04. The molecule has 0 aliphatic heterocycles. The summed E-state index contributed by atoms with van der Waals surface area (Å²) in [4.78, 5) is 0. The van der Waals surface area contributed by atoms with Crippen molar-refractivity contribution in [3.63, 3.8) is 0 Å². The Kier molecular flexibility index (Phi) is 3.04. The van der Waals surface area contributed by atoms with Gasteiger partial charge in [-0.1, -0.05) is 6.92 Å². The summed E-state index contributed by atoms with van der Waals surface area (Å²) in [5.41, 5.74) is 0. The van der Waals surface area contributed by atoms with E-state index < -0.39 is 0 Å². The third-order valence-corrected chi connectivity index (χ3v) is 1.61. The van der Waals surface area contributed by atoms with Crippen LogP contribution in [0, 0.1) is 0 Å². The number of hydrogen-bond donors (Lipinski definition) is 1. The molecule has 0 atom stereocenters. The van der Waals surface area contributed by atoms with Gasteiger partial charge in [0.1, 0.15) is 12.2 Å². The predicted molar refractivity (Wildman–Crippen MR) is 43.3 cm³/mol. The maximum atomic E-state index is 3.97. The van der Waals surface area contributed by atoms with Crippen molar-refractivity contribution in [1.82, 2.24) is 20.1 Å². The summed E-state index contributed by atoms with van der Waals surface area (Å²) >= 11 is 0. The van der Waals surface area contributed by atoms with Gasteiger partial charge in [0.25, 0.3) is 0 Å². The minimum atomic E-state index is 0.948. The van der Waals surface area contributed by atoms with Crippen molar-refractivity contribution >= 4 is 0 Å². The lowest BCUT2D eigenvalue weighted by Gasteiger charge is -2.02. The first-order valence-corrected chi connectivity index (χ1v) is 3.89. The van der Waals surface area contributed by atoms with Crippen LogP contribution in [-0.4, -0.2) is 28.4 Å². The van der Waals surface area contributed by atoms with Crippen LogP contribution in [0.4, 0.5) is 0 Å². The van der Waals surface area contributed by atoms with Crippen LogP contribution in [0.2, 0.25) is 0 Å². The third kappa shape index (κ3) is 2.01. The number of likely N-dealkylation sites (N-methyl/N-ethyl adjacent to an activating group) is 1.